The van der Waals surface area contributed by atoms with E-state index in [1.165, 1.54) is 18.2 Å². The van der Waals surface area contributed by atoms with Crippen LogP contribution in [0.15, 0.2) is 47.4 Å². The van der Waals surface area contributed by atoms with E-state index in [-0.39, 0.29) is 16.0 Å². The number of hydrogen-bond acceptors (Lipinski definition) is 4. The van der Waals surface area contributed by atoms with E-state index in [1.807, 2.05) is 6.92 Å². The molecule has 0 radical (unpaired) electrons. The number of benzene rings is 2. The maximum absolute atomic E-state index is 13.7. The first-order chi connectivity index (χ1) is 12.6. The van der Waals surface area contributed by atoms with E-state index in [1.54, 1.807) is 19.1 Å². The van der Waals surface area contributed by atoms with Crippen LogP contribution in [0.2, 0.25) is 0 Å². The van der Waals surface area contributed by atoms with Crippen molar-refractivity contribution in [3.05, 3.63) is 65.2 Å². The molecule has 0 saturated carbocycles. The van der Waals surface area contributed by atoms with E-state index >= 15 is 0 Å². The van der Waals surface area contributed by atoms with E-state index in [0.29, 0.717) is 17.6 Å². The van der Waals surface area contributed by atoms with Gasteiger partial charge in [-0.1, -0.05) is 25.1 Å². The summed E-state index contributed by atoms with van der Waals surface area (Å²) in [4.78, 5) is 12.7. The van der Waals surface area contributed by atoms with Gasteiger partial charge in [-0.25, -0.2) is 22.0 Å². The highest BCUT2D eigenvalue weighted by atomic mass is 32.2. The van der Waals surface area contributed by atoms with Crippen molar-refractivity contribution in [3.63, 3.8) is 0 Å². The van der Waals surface area contributed by atoms with Crippen LogP contribution >= 0.6 is 0 Å². The molecule has 1 aliphatic heterocycles. The van der Waals surface area contributed by atoms with Gasteiger partial charge in [-0.05, 0) is 48.7 Å². The Balaban J connectivity index is 2.25. The van der Waals surface area contributed by atoms with Crippen LogP contribution in [-0.2, 0) is 19.4 Å². The van der Waals surface area contributed by atoms with Crippen molar-refractivity contribution in [2.75, 3.05) is 6.26 Å². The predicted molar refractivity (Wildman–Crippen MR) is 97.5 cm³/mol. The first-order valence-electron chi connectivity index (χ1n) is 8.31. The van der Waals surface area contributed by atoms with Crippen LogP contribution < -0.4 is 0 Å². The fraction of sp³-hybridized carbons (Fsp3) is 0.250. The summed E-state index contributed by atoms with van der Waals surface area (Å²) in [6, 6.07) is 9.29. The maximum Gasteiger partial charge on any atom is 0.340 e. The molecular formula is C20H18F2O4S. The van der Waals surface area contributed by atoms with Crippen LogP contribution in [0.25, 0.3) is 11.1 Å². The van der Waals surface area contributed by atoms with Crippen molar-refractivity contribution in [2.45, 2.75) is 30.8 Å². The van der Waals surface area contributed by atoms with Crippen molar-refractivity contribution >= 4 is 27.0 Å². The van der Waals surface area contributed by atoms with Gasteiger partial charge in [0, 0.05) is 11.8 Å². The third-order valence-corrected chi connectivity index (χ3v) is 5.88. The number of halogens is 2. The van der Waals surface area contributed by atoms with Crippen molar-refractivity contribution in [2.24, 2.45) is 0 Å². The molecule has 0 fully saturated rings. The van der Waals surface area contributed by atoms with Gasteiger partial charge in [0.2, 0.25) is 0 Å². The maximum atomic E-state index is 13.7. The molecular weight excluding hydrogens is 374 g/mol. The average molecular weight is 392 g/mol. The number of ether oxygens (including phenoxy) is 1. The molecule has 1 heterocycles. The lowest BCUT2D eigenvalue weighted by atomic mass is 9.84. The zero-order valence-corrected chi connectivity index (χ0v) is 15.9. The molecule has 0 aromatic heterocycles. The Morgan fingerprint density at radius 1 is 1.00 bits per heavy atom. The van der Waals surface area contributed by atoms with Crippen molar-refractivity contribution < 1.29 is 26.7 Å². The van der Waals surface area contributed by atoms with Gasteiger partial charge in [-0.15, -0.1) is 0 Å². The molecule has 2 aromatic rings. The molecule has 142 valence electrons. The number of carbonyl (C=O) groups is 1. The number of carbonyl (C=O) groups excluding carboxylic acids is 1. The highest BCUT2D eigenvalue weighted by molar-refractivity contribution is 7.90. The minimum atomic E-state index is -3.37. The van der Waals surface area contributed by atoms with Crippen LogP contribution in [0.4, 0.5) is 8.78 Å². The minimum absolute atomic E-state index is 0.143. The van der Waals surface area contributed by atoms with Crippen LogP contribution in [-0.4, -0.2) is 26.2 Å². The lowest BCUT2D eigenvalue weighted by Crippen LogP contribution is -2.26. The number of hydrogen-bond donors (Lipinski definition) is 0. The average Bonchev–Trinajstić information content (AvgIpc) is 2.88. The third-order valence-electron chi connectivity index (χ3n) is 4.76. The summed E-state index contributed by atoms with van der Waals surface area (Å²) in [5, 5.41) is 0. The second-order valence-electron chi connectivity index (χ2n) is 6.65. The Hall–Kier alpha value is -2.54. The molecule has 1 atom stereocenters. The number of cyclic esters (lactones) is 1. The smallest absolute Gasteiger partial charge is 0.340 e. The lowest BCUT2D eigenvalue weighted by molar-refractivity contribution is -0.143. The fourth-order valence-electron chi connectivity index (χ4n) is 3.15. The van der Waals surface area contributed by atoms with Crippen LogP contribution in [0.1, 0.15) is 31.4 Å². The fourth-order valence-corrected chi connectivity index (χ4v) is 3.78. The molecule has 27 heavy (non-hydrogen) atoms. The molecule has 0 bridgehead atoms. The highest BCUT2D eigenvalue weighted by Gasteiger charge is 2.44. The predicted octanol–water partition coefficient (Wildman–Crippen LogP) is 4.00. The van der Waals surface area contributed by atoms with Gasteiger partial charge in [-0.2, -0.15) is 0 Å². The van der Waals surface area contributed by atoms with Gasteiger partial charge >= 0.3 is 5.97 Å². The second kappa shape index (κ2) is 6.56. The molecule has 0 aliphatic carbocycles. The van der Waals surface area contributed by atoms with E-state index in [9.17, 15) is 22.0 Å². The van der Waals surface area contributed by atoms with Crippen LogP contribution in [0.5, 0.6) is 0 Å². The molecule has 0 amide bonds. The Labute approximate surface area is 156 Å². The number of sulfone groups is 1. The molecule has 7 heteroatoms. The molecule has 2 aromatic carbocycles. The van der Waals surface area contributed by atoms with Gasteiger partial charge in [0.05, 0.1) is 10.5 Å². The number of rotatable bonds is 4. The minimum Gasteiger partial charge on any atom is -0.451 e. The van der Waals surface area contributed by atoms with Gasteiger partial charge in [-0.3, -0.25) is 0 Å². The van der Waals surface area contributed by atoms with E-state index in [4.69, 9.17) is 4.74 Å². The largest absolute Gasteiger partial charge is 0.451 e. The summed E-state index contributed by atoms with van der Waals surface area (Å²) >= 11 is 0. The third kappa shape index (κ3) is 3.39. The summed E-state index contributed by atoms with van der Waals surface area (Å²) in [6.45, 7) is 3.57. The molecule has 0 unspecified atom stereocenters. The Kier molecular flexibility index (Phi) is 4.67. The van der Waals surface area contributed by atoms with Gasteiger partial charge in [0.25, 0.3) is 0 Å². The van der Waals surface area contributed by atoms with E-state index in [2.05, 4.69) is 0 Å². The molecule has 0 saturated heterocycles. The molecule has 3 rings (SSSR count). The highest BCUT2D eigenvalue weighted by Crippen LogP contribution is 2.45. The molecule has 4 nitrogen and oxygen atoms in total. The zero-order chi connectivity index (χ0) is 20.0. The Morgan fingerprint density at radius 2 is 1.59 bits per heavy atom. The SMILES string of the molecule is CC[C@@]1(C)OC(=O)C(c2ccc(F)c(F)c2)=C1c1ccc(S(C)(=O)=O)cc1. The summed E-state index contributed by atoms with van der Waals surface area (Å²) < 4.78 is 56.0. The van der Waals surface area contributed by atoms with Gasteiger partial charge in [0.15, 0.2) is 21.5 Å². The summed E-state index contributed by atoms with van der Waals surface area (Å²) in [5.74, 6) is -2.71. The van der Waals surface area contributed by atoms with Gasteiger partial charge < -0.3 is 4.74 Å². The zero-order valence-electron chi connectivity index (χ0n) is 15.0. The lowest BCUT2D eigenvalue weighted by Gasteiger charge is -2.25. The van der Waals surface area contributed by atoms with Crippen molar-refractivity contribution in [3.8, 4) is 0 Å². The topological polar surface area (TPSA) is 60.4 Å². The standard InChI is InChI=1S/C20H18F2O4S/c1-4-20(2)18(12-5-8-14(9-6-12)27(3,24)25)17(19(23)26-20)13-7-10-15(21)16(22)11-13/h5-11H,4H2,1-3H3/t20-/m1/s1. The first kappa shape index (κ1) is 19.2. The van der Waals surface area contributed by atoms with Crippen LogP contribution in [0.3, 0.4) is 0 Å². The summed E-state index contributed by atoms with van der Waals surface area (Å²) in [7, 11) is -3.37. The van der Waals surface area contributed by atoms with E-state index < -0.39 is 33.0 Å². The second-order valence-corrected chi connectivity index (χ2v) is 8.67. The Morgan fingerprint density at radius 3 is 2.11 bits per heavy atom. The summed E-state index contributed by atoms with van der Waals surface area (Å²) in [6.07, 6.45) is 1.56. The monoisotopic (exact) mass is 392 g/mol. The number of esters is 1. The first-order valence-corrected chi connectivity index (χ1v) is 10.2. The normalized spacial score (nSPS) is 20.1. The summed E-state index contributed by atoms with van der Waals surface area (Å²) in [5.41, 5.74) is 0.478. The van der Waals surface area contributed by atoms with Gasteiger partial charge in [0.1, 0.15) is 5.60 Å². The van der Waals surface area contributed by atoms with Crippen LogP contribution in [0, 0.1) is 11.6 Å². The van der Waals surface area contributed by atoms with Crippen molar-refractivity contribution in [1.82, 2.24) is 0 Å². The van der Waals surface area contributed by atoms with E-state index in [0.717, 1.165) is 18.4 Å². The quantitative estimate of drug-likeness (QED) is 0.738. The molecule has 0 N–H and O–H groups in total. The molecule has 1 aliphatic rings. The molecule has 0 spiro atoms. The van der Waals surface area contributed by atoms with Crippen molar-refractivity contribution in [1.29, 1.82) is 0 Å². The Bertz CT molecular complexity index is 1060.